The minimum Gasteiger partial charge on any atom is -0.453 e. The van der Waals surface area contributed by atoms with Gasteiger partial charge in [0.25, 0.3) is 0 Å². The Labute approximate surface area is 55.3 Å². The standard InChI is InChI=1S/C5H6O3S/c1-7-9(6)5-3-2-4-8-5/h2-4H,1H3. The molecule has 0 radical (unpaired) electrons. The van der Waals surface area contributed by atoms with Gasteiger partial charge >= 0.3 is 0 Å². The second-order valence-corrected chi connectivity index (χ2v) is 2.54. The van der Waals surface area contributed by atoms with E-state index in [1.165, 1.54) is 13.4 Å². The molecule has 0 spiro atoms. The normalized spacial score (nSPS) is 13.4. The van der Waals surface area contributed by atoms with Gasteiger partial charge in [-0.05, 0) is 12.1 Å². The molecule has 0 aliphatic carbocycles. The molecule has 0 bridgehead atoms. The molecule has 9 heavy (non-hydrogen) atoms. The van der Waals surface area contributed by atoms with Crippen LogP contribution in [0.1, 0.15) is 0 Å². The van der Waals surface area contributed by atoms with Gasteiger partial charge in [0, 0.05) is 0 Å². The molecule has 1 unspecified atom stereocenters. The number of rotatable bonds is 2. The Morgan fingerprint density at radius 3 is 3.00 bits per heavy atom. The Hall–Kier alpha value is -0.610. The van der Waals surface area contributed by atoms with E-state index in [0.717, 1.165) is 0 Å². The van der Waals surface area contributed by atoms with Crippen LogP contribution >= 0.6 is 0 Å². The summed E-state index contributed by atoms with van der Waals surface area (Å²) in [5, 5.41) is 0.345. The topological polar surface area (TPSA) is 39.4 Å². The van der Waals surface area contributed by atoms with Crippen molar-refractivity contribution in [1.82, 2.24) is 0 Å². The number of furan rings is 1. The maximum absolute atomic E-state index is 10.7. The average Bonchev–Trinajstić information content (AvgIpc) is 2.37. The lowest BCUT2D eigenvalue weighted by Crippen LogP contribution is -1.89. The van der Waals surface area contributed by atoms with Gasteiger partial charge in [-0.1, -0.05) is 0 Å². The van der Waals surface area contributed by atoms with E-state index in [-0.39, 0.29) is 0 Å². The smallest absolute Gasteiger partial charge is 0.225 e. The first kappa shape index (κ1) is 6.51. The maximum Gasteiger partial charge on any atom is 0.225 e. The van der Waals surface area contributed by atoms with Crippen molar-refractivity contribution in [1.29, 1.82) is 0 Å². The monoisotopic (exact) mass is 146 g/mol. The Morgan fingerprint density at radius 1 is 1.78 bits per heavy atom. The molecule has 50 valence electrons. The van der Waals surface area contributed by atoms with Gasteiger partial charge in [0.1, 0.15) is 0 Å². The maximum atomic E-state index is 10.7. The van der Waals surface area contributed by atoms with E-state index in [1.54, 1.807) is 12.1 Å². The minimum atomic E-state index is -1.43. The van der Waals surface area contributed by atoms with Crippen LogP contribution in [0.2, 0.25) is 0 Å². The minimum absolute atomic E-state index is 0.345. The highest BCUT2D eigenvalue weighted by atomic mass is 32.2. The van der Waals surface area contributed by atoms with Gasteiger partial charge in [0.15, 0.2) is 0 Å². The average molecular weight is 146 g/mol. The molecule has 1 aromatic rings. The molecule has 1 atom stereocenters. The fourth-order valence-corrected chi connectivity index (χ4v) is 0.929. The summed E-state index contributed by atoms with van der Waals surface area (Å²) in [7, 11) is 1.36. The summed E-state index contributed by atoms with van der Waals surface area (Å²) in [4.78, 5) is 0. The van der Waals surface area contributed by atoms with Crippen LogP contribution < -0.4 is 0 Å². The Morgan fingerprint density at radius 2 is 2.56 bits per heavy atom. The molecular weight excluding hydrogens is 140 g/mol. The van der Waals surface area contributed by atoms with E-state index in [2.05, 4.69) is 4.18 Å². The van der Waals surface area contributed by atoms with Crippen molar-refractivity contribution < 1.29 is 12.8 Å². The van der Waals surface area contributed by atoms with Crippen molar-refractivity contribution in [3.63, 3.8) is 0 Å². The molecular formula is C5H6O3S. The zero-order chi connectivity index (χ0) is 6.69. The Bertz CT molecular complexity index is 192. The van der Waals surface area contributed by atoms with E-state index in [1.807, 2.05) is 0 Å². The number of hydrogen-bond acceptors (Lipinski definition) is 3. The molecule has 0 fully saturated rings. The quantitative estimate of drug-likeness (QED) is 0.623. The molecule has 0 aliphatic heterocycles. The van der Waals surface area contributed by atoms with Crippen molar-refractivity contribution in [2.75, 3.05) is 7.11 Å². The van der Waals surface area contributed by atoms with E-state index < -0.39 is 11.1 Å². The van der Waals surface area contributed by atoms with Crippen molar-refractivity contribution in [2.24, 2.45) is 0 Å². The van der Waals surface area contributed by atoms with E-state index in [9.17, 15) is 4.21 Å². The van der Waals surface area contributed by atoms with Crippen LogP contribution in [0.15, 0.2) is 27.9 Å². The molecule has 1 aromatic heterocycles. The van der Waals surface area contributed by atoms with Gasteiger partial charge in [0.05, 0.1) is 13.4 Å². The third-order valence-corrected chi connectivity index (χ3v) is 1.67. The van der Waals surface area contributed by atoms with Crippen LogP contribution in [-0.2, 0) is 15.3 Å². The lowest BCUT2D eigenvalue weighted by atomic mass is 10.7. The van der Waals surface area contributed by atoms with Crippen molar-refractivity contribution in [3.8, 4) is 0 Å². The van der Waals surface area contributed by atoms with Gasteiger partial charge in [-0.2, -0.15) is 0 Å². The summed E-state index contributed by atoms with van der Waals surface area (Å²) in [5.41, 5.74) is 0. The van der Waals surface area contributed by atoms with Crippen molar-refractivity contribution >= 4 is 11.1 Å². The lowest BCUT2D eigenvalue weighted by Gasteiger charge is -1.88. The molecule has 0 saturated carbocycles. The van der Waals surface area contributed by atoms with Crippen LogP contribution in [0.5, 0.6) is 0 Å². The highest BCUT2D eigenvalue weighted by molar-refractivity contribution is 7.80. The molecule has 1 heterocycles. The highest BCUT2D eigenvalue weighted by Gasteiger charge is 2.02. The van der Waals surface area contributed by atoms with E-state index in [0.29, 0.717) is 5.09 Å². The first-order chi connectivity index (χ1) is 4.34. The predicted molar refractivity (Wildman–Crippen MR) is 32.1 cm³/mol. The van der Waals surface area contributed by atoms with E-state index in [4.69, 9.17) is 4.42 Å². The zero-order valence-electron chi connectivity index (χ0n) is 4.87. The summed E-state index contributed by atoms with van der Waals surface area (Å²) >= 11 is -1.43. The van der Waals surface area contributed by atoms with Crippen molar-refractivity contribution in [2.45, 2.75) is 5.09 Å². The Balaban J connectivity index is 2.77. The van der Waals surface area contributed by atoms with E-state index >= 15 is 0 Å². The zero-order valence-corrected chi connectivity index (χ0v) is 5.68. The largest absolute Gasteiger partial charge is 0.453 e. The summed E-state index contributed by atoms with van der Waals surface area (Å²) < 4.78 is 19.9. The first-order valence-electron chi connectivity index (χ1n) is 2.34. The van der Waals surface area contributed by atoms with Gasteiger partial charge in [-0.3, -0.25) is 4.18 Å². The molecule has 0 aromatic carbocycles. The molecule has 0 aliphatic rings. The molecule has 3 nitrogen and oxygen atoms in total. The Kier molecular flexibility index (Phi) is 2.02. The summed E-state index contributed by atoms with van der Waals surface area (Å²) in [6.45, 7) is 0. The third-order valence-electron chi connectivity index (χ3n) is 0.811. The van der Waals surface area contributed by atoms with Crippen LogP contribution in [-0.4, -0.2) is 11.3 Å². The van der Waals surface area contributed by atoms with Gasteiger partial charge in [-0.25, -0.2) is 4.21 Å². The first-order valence-corrected chi connectivity index (χ1v) is 3.42. The molecule has 4 heteroatoms. The summed E-state index contributed by atoms with van der Waals surface area (Å²) in [6, 6.07) is 3.26. The molecule has 0 saturated heterocycles. The molecule has 1 rings (SSSR count). The third kappa shape index (κ3) is 1.40. The second kappa shape index (κ2) is 2.80. The number of hydrogen-bond donors (Lipinski definition) is 0. The van der Waals surface area contributed by atoms with Crippen LogP contribution in [0.25, 0.3) is 0 Å². The highest BCUT2D eigenvalue weighted by Crippen LogP contribution is 2.05. The second-order valence-electron chi connectivity index (χ2n) is 1.33. The van der Waals surface area contributed by atoms with Gasteiger partial charge < -0.3 is 4.42 Å². The fraction of sp³-hybridized carbons (Fsp3) is 0.200. The molecule has 0 amide bonds. The summed E-state index contributed by atoms with van der Waals surface area (Å²) in [6.07, 6.45) is 1.45. The van der Waals surface area contributed by atoms with Crippen LogP contribution in [0.3, 0.4) is 0 Å². The van der Waals surface area contributed by atoms with Crippen molar-refractivity contribution in [3.05, 3.63) is 18.4 Å². The van der Waals surface area contributed by atoms with Crippen LogP contribution in [0.4, 0.5) is 0 Å². The lowest BCUT2D eigenvalue weighted by molar-refractivity contribution is 0.401. The predicted octanol–water partition coefficient (Wildman–Crippen LogP) is 0.949. The molecule has 0 N–H and O–H groups in total. The summed E-state index contributed by atoms with van der Waals surface area (Å²) in [5.74, 6) is 0. The van der Waals surface area contributed by atoms with Crippen LogP contribution in [0, 0.1) is 0 Å². The SMILES string of the molecule is COS(=O)c1ccco1. The van der Waals surface area contributed by atoms with Gasteiger partial charge in [0.2, 0.25) is 16.2 Å². The van der Waals surface area contributed by atoms with Gasteiger partial charge in [-0.15, -0.1) is 0 Å². The fourth-order valence-electron chi connectivity index (χ4n) is 0.440.